The van der Waals surface area contributed by atoms with Crippen molar-refractivity contribution in [2.75, 3.05) is 5.73 Å². The molecule has 1 aromatic rings. The van der Waals surface area contributed by atoms with Crippen molar-refractivity contribution in [3.05, 3.63) is 33.9 Å². The standard InChI is InChI=1S/C12H18N2O3/c1-3-5-9(2)17-8-10-6-4-7-11(12(10)13)14(15)16/h4,6-7,9H,3,5,8,13H2,1-2H3. The van der Waals surface area contributed by atoms with Crippen LogP contribution in [0.25, 0.3) is 0 Å². The number of nitrogen functional groups attached to an aromatic ring is 1. The Morgan fingerprint density at radius 2 is 2.24 bits per heavy atom. The number of nitrogens with zero attached hydrogens (tertiary/aromatic N) is 1. The summed E-state index contributed by atoms with van der Waals surface area (Å²) in [6.45, 7) is 4.38. The van der Waals surface area contributed by atoms with Crippen molar-refractivity contribution in [3.8, 4) is 0 Å². The van der Waals surface area contributed by atoms with Crippen LogP contribution in [0.5, 0.6) is 0 Å². The van der Waals surface area contributed by atoms with Crippen LogP contribution in [-0.4, -0.2) is 11.0 Å². The molecule has 0 aliphatic carbocycles. The Balaban J connectivity index is 2.72. The minimum absolute atomic E-state index is 0.0609. The maximum absolute atomic E-state index is 10.7. The number of nitrogens with two attached hydrogens (primary N) is 1. The SMILES string of the molecule is CCCC(C)OCc1cccc([N+](=O)[O-])c1N. The average Bonchev–Trinajstić information content (AvgIpc) is 2.27. The summed E-state index contributed by atoms with van der Waals surface area (Å²) in [4.78, 5) is 10.2. The van der Waals surface area contributed by atoms with Crippen molar-refractivity contribution >= 4 is 11.4 Å². The molecule has 1 unspecified atom stereocenters. The highest BCUT2D eigenvalue weighted by Crippen LogP contribution is 2.25. The molecule has 0 saturated carbocycles. The van der Waals surface area contributed by atoms with Crippen LogP contribution in [0.15, 0.2) is 18.2 Å². The molecule has 0 saturated heterocycles. The van der Waals surface area contributed by atoms with Gasteiger partial charge < -0.3 is 10.5 Å². The molecular formula is C12H18N2O3. The number of rotatable bonds is 6. The average molecular weight is 238 g/mol. The minimum Gasteiger partial charge on any atom is -0.393 e. The molecule has 0 radical (unpaired) electrons. The summed E-state index contributed by atoms with van der Waals surface area (Å²) in [7, 11) is 0. The summed E-state index contributed by atoms with van der Waals surface area (Å²) < 4.78 is 5.58. The first kappa shape index (κ1) is 13.4. The molecule has 1 rings (SSSR count). The lowest BCUT2D eigenvalue weighted by Gasteiger charge is -2.13. The molecular weight excluding hydrogens is 220 g/mol. The molecule has 0 amide bonds. The lowest BCUT2D eigenvalue weighted by molar-refractivity contribution is -0.384. The van der Waals surface area contributed by atoms with Crippen molar-refractivity contribution in [2.24, 2.45) is 0 Å². The van der Waals surface area contributed by atoms with E-state index in [1.807, 2.05) is 6.92 Å². The van der Waals surface area contributed by atoms with E-state index in [-0.39, 0.29) is 17.5 Å². The third-order valence-corrected chi connectivity index (χ3v) is 2.59. The van der Waals surface area contributed by atoms with Crippen LogP contribution in [0.2, 0.25) is 0 Å². The van der Waals surface area contributed by atoms with Crippen molar-refractivity contribution < 1.29 is 9.66 Å². The highest BCUT2D eigenvalue weighted by Gasteiger charge is 2.14. The number of nitro groups is 1. The summed E-state index contributed by atoms with van der Waals surface area (Å²) in [5.41, 5.74) is 6.53. The second kappa shape index (κ2) is 6.20. The van der Waals surface area contributed by atoms with Gasteiger partial charge in [0, 0.05) is 11.6 Å². The first-order valence-corrected chi connectivity index (χ1v) is 5.69. The van der Waals surface area contributed by atoms with E-state index in [9.17, 15) is 10.1 Å². The van der Waals surface area contributed by atoms with Gasteiger partial charge in [-0.15, -0.1) is 0 Å². The van der Waals surface area contributed by atoms with Crippen LogP contribution < -0.4 is 5.73 Å². The Hall–Kier alpha value is -1.62. The third kappa shape index (κ3) is 3.71. The molecule has 5 heteroatoms. The molecule has 0 heterocycles. The normalized spacial score (nSPS) is 12.4. The van der Waals surface area contributed by atoms with Crippen molar-refractivity contribution in [2.45, 2.75) is 39.4 Å². The molecule has 0 spiro atoms. The Morgan fingerprint density at radius 3 is 2.82 bits per heavy atom. The van der Waals surface area contributed by atoms with E-state index in [1.54, 1.807) is 12.1 Å². The topological polar surface area (TPSA) is 78.4 Å². The summed E-state index contributed by atoms with van der Waals surface area (Å²) in [6.07, 6.45) is 2.15. The van der Waals surface area contributed by atoms with E-state index >= 15 is 0 Å². The third-order valence-electron chi connectivity index (χ3n) is 2.59. The van der Waals surface area contributed by atoms with Gasteiger partial charge in [0.1, 0.15) is 5.69 Å². The van der Waals surface area contributed by atoms with Gasteiger partial charge in [0.05, 0.1) is 17.6 Å². The Bertz CT molecular complexity index is 393. The molecule has 2 N–H and O–H groups in total. The molecule has 1 aromatic carbocycles. The van der Waals surface area contributed by atoms with Gasteiger partial charge in [0.25, 0.3) is 5.69 Å². The fourth-order valence-electron chi connectivity index (χ4n) is 1.61. The zero-order valence-electron chi connectivity index (χ0n) is 10.2. The molecule has 0 bridgehead atoms. The predicted octanol–water partition coefficient (Wildman–Crippen LogP) is 2.88. The smallest absolute Gasteiger partial charge is 0.292 e. The van der Waals surface area contributed by atoms with E-state index in [0.29, 0.717) is 12.2 Å². The number of benzene rings is 1. The monoisotopic (exact) mass is 238 g/mol. The van der Waals surface area contributed by atoms with Crippen LogP contribution in [0.4, 0.5) is 11.4 Å². The van der Waals surface area contributed by atoms with Gasteiger partial charge in [-0.1, -0.05) is 25.5 Å². The zero-order chi connectivity index (χ0) is 12.8. The Morgan fingerprint density at radius 1 is 1.53 bits per heavy atom. The highest BCUT2D eigenvalue weighted by molar-refractivity contribution is 5.62. The fourth-order valence-corrected chi connectivity index (χ4v) is 1.61. The van der Waals surface area contributed by atoms with E-state index in [2.05, 4.69) is 6.92 Å². The lowest BCUT2D eigenvalue weighted by Crippen LogP contribution is -2.09. The summed E-state index contributed by atoms with van der Waals surface area (Å²) in [5, 5.41) is 10.7. The molecule has 5 nitrogen and oxygen atoms in total. The van der Waals surface area contributed by atoms with Gasteiger partial charge in [-0.25, -0.2) is 0 Å². The number of ether oxygens (including phenoxy) is 1. The van der Waals surface area contributed by atoms with Gasteiger partial charge in [0.15, 0.2) is 0 Å². The number of hydrogen-bond acceptors (Lipinski definition) is 4. The zero-order valence-corrected chi connectivity index (χ0v) is 10.2. The molecule has 94 valence electrons. The maximum atomic E-state index is 10.7. The Kier molecular flexibility index (Phi) is 4.90. The quantitative estimate of drug-likeness (QED) is 0.469. The molecule has 0 aromatic heterocycles. The van der Waals surface area contributed by atoms with E-state index in [4.69, 9.17) is 10.5 Å². The number of hydrogen-bond donors (Lipinski definition) is 1. The van der Waals surface area contributed by atoms with Crippen LogP contribution >= 0.6 is 0 Å². The van der Waals surface area contributed by atoms with Crippen LogP contribution in [-0.2, 0) is 11.3 Å². The first-order chi connectivity index (χ1) is 8.06. The van der Waals surface area contributed by atoms with Gasteiger partial charge in [0.2, 0.25) is 0 Å². The van der Waals surface area contributed by atoms with E-state index in [1.165, 1.54) is 6.07 Å². The lowest BCUT2D eigenvalue weighted by atomic mass is 10.1. The highest BCUT2D eigenvalue weighted by atomic mass is 16.6. The van der Waals surface area contributed by atoms with Crippen molar-refractivity contribution in [1.82, 2.24) is 0 Å². The van der Waals surface area contributed by atoms with Gasteiger partial charge in [-0.3, -0.25) is 10.1 Å². The first-order valence-electron chi connectivity index (χ1n) is 5.69. The molecule has 1 atom stereocenters. The van der Waals surface area contributed by atoms with Crippen LogP contribution in [0, 0.1) is 10.1 Å². The summed E-state index contributed by atoms with van der Waals surface area (Å²) >= 11 is 0. The number of para-hydroxylation sites is 1. The fraction of sp³-hybridized carbons (Fsp3) is 0.500. The summed E-state index contributed by atoms with van der Waals surface area (Å²) in [6, 6.07) is 4.77. The maximum Gasteiger partial charge on any atom is 0.292 e. The van der Waals surface area contributed by atoms with Crippen LogP contribution in [0.1, 0.15) is 32.3 Å². The summed E-state index contributed by atoms with van der Waals surface area (Å²) in [5.74, 6) is 0. The largest absolute Gasteiger partial charge is 0.393 e. The van der Waals surface area contributed by atoms with Gasteiger partial charge in [-0.05, 0) is 13.3 Å². The van der Waals surface area contributed by atoms with Crippen molar-refractivity contribution in [1.29, 1.82) is 0 Å². The minimum atomic E-state index is -0.478. The van der Waals surface area contributed by atoms with E-state index < -0.39 is 4.92 Å². The van der Waals surface area contributed by atoms with Gasteiger partial charge >= 0.3 is 0 Å². The Labute approximate surface area is 101 Å². The van der Waals surface area contributed by atoms with Crippen LogP contribution in [0.3, 0.4) is 0 Å². The second-order valence-corrected chi connectivity index (χ2v) is 4.02. The van der Waals surface area contributed by atoms with Crippen molar-refractivity contribution in [3.63, 3.8) is 0 Å². The van der Waals surface area contributed by atoms with E-state index in [0.717, 1.165) is 12.8 Å². The number of nitro benzene ring substituents is 1. The second-order valence-electron chi connectivity index (χ2n) is 4.02. The molecule has 17 heavy (non-hydrogen) atoms. The predicted molar refractivity (Wildman–Crippen MR) is 66.7 cm³/mol. The molecule has 0 aliphatic rings. The molecule has 0 aliphatic heterocycles. The van der Waals surface area contributed by atoms with Gasteiger partial charge in [-0.2, -0.15) is 0 Å². The molecule has 0 fully saturated rings. The number of anilines is 1.